The highest BCUT2D eigenvalue weighted by atomic mass is 16.6. The topological polar surface area (TPSA) is 102 Å². The number of rotatable bonds is 6. The van der Waals surface area contributed by atoms with E-state index in [1.165, 1.54) is 26.2 Å². The molecule has 112 valence electrons. The predicted molar refractivity (Wildman–Crippen MR) is 73.7 cm³/mol. The number of esters is 1. The average molecular weight is 292 g/mol. The summed E-state index contributed by atoms with van der Waals surface area (Å²) in [4.78, 5) is 22.2. The van der Waals surface area contributed by atoms with E-state index in [1.807, 2.05) is 6.07 Å². The summed E-state index contributed by atoms with van der Waals surface area (Å²) in [5.41, 5.74) is -1.11. The maximum absolute atomic E-state index is 11.8. The van der Waals surface area contributed by atoms with Gasteiger partial charge in [-0.25, -0.2) is 0 Å². The fraction of sp³-hybridized carbons (Fsp3) is 0.429. The van der Waals surface area contributed by atoms with E-state index in [1.54, 1.807) is 13.0 Å². The van der Waals surface area contributed by atoms with Crippen molar-refractivity contribution < 1.29 is 19.2 Å². The highest BCUT2D eigenvalue weighted by Gasteiger charge is 2.35. The molecule has 1 aromatic carbocycles. The molecule has 0 aliphatic rings. The Morgan fingerprint density at radius 1 is 1.52 bits per heavy atom. The Hall–Kier alpha value is -2.62. The summed E-state index contributed by atoms with van der Waals surface area (Å²) in [6, 6.07) is 6.24. The zero-order chi connectivity index (χ0) is 16.0. The number of ether oxygens (including phenoxy) is 2. The van der Waals surface area contributed by atoms with Crippen LogP contribution in [0.2, 0.25) is 0 Å². The lowest BCUT2D eigenvalue weighted by molar-refractivity contribution is -0.385. The Morgan fingerprint density at radius 3 is 2.67 bits per heavy atom. The summed E-state index contributed by atoms with van der Waals surface area (Å²) in [7, 11) is 1.33. The van der Waals surface area contributed by atoms with Crippen LogP contribution in [-0.2, 0) is 16.0 Å². The number of nitrogens with zero attached hydrogens (tertiary/aromatic N) is 2. The van der Waals surface area contributed by atoms with Crippen LogP contribution >= 0.6 is 0 Å². The number of benzene rings is 1. The number of carbonyl (C=O) groups excluding carboxylic acids is 1. The molecule has 0 spiro atoms. The third-order valence-electron chi connectivity index (χ3n) is 2.97. The molecule has 7 nitrogen and oxygen atoms in total. The number of carbonyl (C=O) groups is 1. The van der Waals surface area contributed by atoms with Crippen molar-refractivity contribution in [1.82, 2.24) is 0 Å². The number of methoxy groups -OCH3 is 1. The van der Waals surface area contributed by atoms with E-state index in [0.717, 1.165) is 0 Å². The predicted octanol–water partition coefficient (Wildman–Crippen LogP) is 2.24. The summed E-state index contributed by atoms with van der Waals surface area (Å²) in [5, 5.41) is 20.2. The number of nitro groups is 1. The SMILES string of the molecule is CCOC(=O)C(C)(C#N)Cc1ccc(OC)c([N+](=O)[O-])c1. The first kappa shape index (κ1) is 16.4. The van der Waals surface area contributed by atoms with Crippen LogP contribution in [-0.4, -0.2) is 24.6 Å². The first-order chi connectivity index (χ1) is 9.87. The highest BCUT2D eigenvalue weighted by molar-refractivity contribution is 5.80. The zero-order valence-corrected chi connectivity index (χ0v) is 12.1. The molecule has 0 N–H and O–H groups in total. The summed E-state index contributed by atoms with van der Waals surface area (Å²) in [6.07, 6.45) is 0.0210. The smallest absolute Gasteiger partial charge is 0.326 e. The van der Waals surface area contributed by atoms with Gasteiger partial charge in [0.05, 0.1) is 24.7 Å². The summed E-state index contributed by atoms with van der Waals surface area (Å²) < 4.78 is 9.78. The molecule has 1 atom stereocenters. The van der Waals surface area contributed by atoms with E-state index in [-0.39, 0.29) is 24.5 Å². The van der Waals surface area contributed by atoms with Crippen molar-refractivity contribution in [2.45, 2.75) is 20.3 Å². The van der Waals surface area contributed by atoms with Crippen LogP contribution in [0.5, 0.6) is 5.75 Å². The molecule has 7 heteroatoms. The van der Waals surface area contributed by atoms with Gasteiger partial charge >= 0.3 is 11.7 Å². The minimum Gasteiger partial charge on any atom is -0.490 e. The Bertz CT molecular complexity index is 594. The van der Waals surface area contributed by atoms with Crippen LogP contribution in [0.25, 0.3) is 0 Å². The van der Waals surface area contributed by atoms with E-state index in [2.05, 4.69) is 0 Å². The first-order valence-corrected chi connectivity index (χ1v) is 6.27. The average Bonchev–Trinajstić information content (AvgIpc) is 2.47. The van der Waals surface area contributed by atoms with Crippen LogP contribution in [0.3, 0.4) is 0 Å². The second-order valence-electron chi connectivity index (χ2n) is 4.60. The van der Waals surface area contributed by atoms with Gasteiger partial charge in [-0.1, -0.05) is 6.07 Å². The Morgan fingerprint density at radius 2 is 2.19 bits per heavy atom. The van der Waals surface area contributed by atoms with Crippen molar-refractivity contribution >= 4 is 11.7 Å². The molecule has 0 amide bonds. The van der Waals surface area contributed by atoms with Crippen LogP contribution < -0.4 is 4.74 Å². The summed E-state index contributed by atoms with van der Waals surface area (Å²) >= 11 is 0. The quantitative estimate of drug-likeness (QED) is 0.452. The highest BCUT2D eigenvalue weighted by Crippen LogP contribution is 2.31. The number of nitriles is 1. The normalized spacial score (nSPS) is 12.9. The van der Waals surface area contributed by atoms with E-state index in [9.17, 15) is 20.2 Å². The lowest BCUT2D eigenvalue weighted by atomic mass is 9.85. The molecule has 0 radical (unpaired) electrons. The third-order valence-corrected chi connectivity index (χ3v) is 2.97. The van der Waals surface area contributed by atoms with Gasteiger partial charge in [0.15, 0.2) is 11.2 Å². The van der Waals surface area contributed by atoms with Gasteiger partial charge in [-0.2, -0.15) is 5.26 Å². The van der Waals surface area contributed by atoms with Gasteiger partial charge in [0.25, 0.3) is 0 Å². The second-order valence-corrected chi connectivity index (χ2v) is 4.60. The molecule has 0 saturated carbocycles. The van der Waals surface area contributed by atoms with Crippen molar-refractivity contribution in [2.24, 2.45) is 5.41 Å². The molecule has 0 heterocycles. The summed E-state index contributed by atoms with van der Waals surface area (Å²) in [6.45, 7) is 3.26. The Kier molecular flexibility index (Phi) is 5.24. The second kappa shape index (κ2) is 6.70. The van der Waals surface area contributed by atoms with Gasteiger partial charge in [-0.15, -0.1) is 0 Å². The van der Waals surface area contributed by atoms with Crippen molar-refractivity contribution in [1.29, 1.82) is 5.26 Å². The molecule has 1 unspecified atom stereocenters. The van der Waals surface area contributed by atoms with E-state index in [4.69, 9.17) is 9.47 Å². The Balaban J connectivity index is 3.12. The van der Waals surface area contributed by atoms with Crippen molar-refractivity contribution in [3.05, 3.63) is 33.9 Å². The molecule has 1 rings (SSSR count). The van der Waals surface area contributed by atoms with Crippen LogP contribution in [0.4, 0.5) is 5.69 Å². The monoisotopic (exact) mass is 292 g/mol. The van der Waals surface area contributed by atoms with E-state index < -0.39 is 16.3 Å². The summed E-state index contributed by atoms with van der Waals surface area (Å²) in [5.74, 6) is -0.524. The van der Waals surface area contributed by atoms with E-state index in [0.29, 0.717) is 5.56 Å². The lowest BCUT2D eigenvalue weighted by Gasteiger charge is -2.19. The molecular weight excluding hydrogens is 276 g/mol. The fourth-order valence-corrected chi connectivity index (χ4v) is 1.84. The maximum Gasteiger partial charge on any atom is 0.326 e. The minimum absolute atomic E-state index is 0.0210. The molecule has 0 saturated heterocycles. The van der Waals surface area contributed by atoms with Crippen molar-refractivity contribution in [3.63, 3.8) is 0 Å². The fourth-order valence-electron chi connectivity index (χ4n) is 1.84. The van der Waals surface area contributed by atoms with Gasteiger partial charge < -0.3 is 9.47 Å². The van der Waals surface area contributed by atoms with E-state index >= 15 is 0 Å². The molecule has 0 fully saturated rings. The minimum atomic E-state index is -1.39. The third kappa shape index (κ3) is 3.69. The largest absolute Gasteiger partial charge is 0.490 e. The Labute approximate surface area is 122 Å². The zero-order valence-electron chi connectivity index (χ0n) is 12.1. The molecular formula is C14H16N2O5. The van der Waals surface area contributed by atoms with Crippen LogP contribution in [0.15, 0.2) is 18.2 Å². The van der Waals surface area contributed by atoms with Crippen molar-refractivity contribution in [3.8, 4) is 11.8 Å². The molecule has 21 heavy (non-hydrogen) atoms. The molecule has 0 aliphatic heterocycles. The maximum atomic E-state index is 11.8. The molecule has 0 aliphatic carbocycles. The first-order valence-electron chi connectivity index (χ1n) is 6.27. The molecule has 1 aromatic rings. The van der Waals surface area contributed by atoms with Crippen molar-refractivity contribution in [2.75, 3.05) is 13.7 Å². The lowest BCUT2D eigenvalue weighted by Crippen LogP contribution is -2.30. The van der Waals surface area contributed by atoms with Crippen LogP contribution in [0, 0.1) is 26.9 Å². The van der Waals surface area contributed by atoms with Gasteiger partial charge in [-0.05, 0) is 25.5 Å². The van der Waals surface area contributed by atoms with Gasteiger partial charge in [-0.3, -0.25) is 14.9 Å². The molecule has 0 aromatic heterocycles. The standard InChI is InChI=1S/C14H16N2O5/c1-4-21-13(17)14(2,9-15)8-10-5-6-12(20-3)11(7-10)16(18)19/h5-7H,4,8H2,1-3H3. The number of nitro benzene ring substituents is 1. The van der Waals surface area contributed by atoms with Gasteiger partial charge in [0, 0.05) is 12.5 Å². The molecule has 0 bridgehead atoms. The number of hydrogen-bond acceptors (Lipinski definition) is 6. The van der Waals surface area contributed by atoms with Gasteiger partial charge in [0.2, 0.25) is 0 Å². The van der Waals surface area contributed by atoms with Gasteiger partial charge in [0.1, 0.15) is 0 Å². The van der Waals surface area contributed by atoms with Crippen LogP contribution in [0.1, 0.15) is 19.4 Å². The number of hydrogen-bond donors (Lipinski definition) is 0.